The fourth-order valence-electron chi connectivity index (χ4n) is 2.04. The minimum atomic E-state index is 0.0179. The molecule has 0 bridgehead atoms. The molecule has 22 heavy (non-hydrogen) atoms. The number of halogens is 1. The summed E-state index contributed by atoms with van der Waals surface area (Å²) in [4.78, 5) is 11.9. The smallest absolute Gasteiger partial charge is 0.234 e. The van der Waals surface area contributed by atoms with E-state index in [-0.39, 0.29) is 5.91 Å². The molecule has 0 aliphatic heterocycles. The van der Waals surface area contributed by atoms with Gasteiger partial charge in [0.15, 0.2) is 0 Å². The van der Waals surface area contributed by atoms with Crippen LogP contribution in [0.4, 0.5) is 5.69 Å². The molecule has 2 rings (SSSR count). The van der Waals surface area contributed by atoms with Crippen molar-refractivity contribution in [2.24, 2.45) is 0 Å². The summed E-state index contributed by atoms with van der Waals surface area (Å²) in [6.07, 6.45) is 0. The number of nitrogens with one attached hydrogen (secondary N) is 1. The third kappa shape index (κ3) is 5.39. The van der Waals surface area contributed by atoms with Gasteiger partial charge in [-0.25, -0.2) is 0 Å². The van der Waals surface area contributed by atoms with E-state index >= 15 is 0 Å². The number of rotatable bonds is 6. The summed E-state index contributed by atoms with van der Waals surface area (Å²) < 4.78 is 0. The molecule has 116 valence electrons. The average molecular weight is 334 g/mol. The number of hydrogen-bond donors (Lipinski definition) is 1. The van der Waals surface area contributed by atoms with E-state index in [9.17, 15) is 4.79 Å². The van der Waals surface area contributed by atoms with Crippen LogP contribution in [-0.4, -0.2) is 11.7 Å². The molecular weight excluding hydrogens is 314 g/mol. The molecule has 2 aromatic rings. The maximum absolute atomic E-state index is 11.9. The van der Waals surface area contributed by atoms with Crippen molar-refractivity contribution in [1.82, 2.24) is 0 Å². The van der Waals surface area contributed by atoms with Crippen LogP contribution in [0.3, 0.4) is 0 Å². The number of benzene rings is 2. The van der Waals surface area contributed by atoms with Gasteiger partial charge in [0, 0.05) is 16.5 Å². The van der Waals surface area contributed by atoms with Crippen molar-refractivity contribution >= 4 is 35.0 Å². The molecule has 0 spiro atoms. The van der Waals surface area contributed by atoms with Crippen LogP contribution in [0.5, 0.6) is 0 Å². The third-order valence-electron chi connectivity index (χ3n) is 3.25. The maximum Gasteiger partial charge on any atom is 0.234 e. The van der Waals surface area contributed by atoms with Gasteiger partial charge in [-0.15, -0.1) is 11.8 Å². The molecule has 2 aromatic carbocycles. The van der Waals surface area contributed by atoms with Crippen LogP contribution < -0.4 is 5.32 Å². The molecule has 1 N–H and O–H groups in total. The number of carbonyl (C=O) groups excluding carboxylic acids is 1. The van der Waals surface area contributed by atoms with Gasteiger partial charge in [0.2, 0.25) is 5.91 Å². The molecule has 2 nitrogen and oxygen atoms in total. The molecule has 0 fully saturated rings. The lowest BCUT2D eigenvalue weighted by molar-refractivity contribution is -0.113. The van der Waals surface area contributed by atoms with Crippen molar-refractivity contribution < 1.29 is 4.79 Å². The Bertz CT molecular complexity index is 625. The Labute approximate surface area is 141 Å². The number of amides is 1. The largest absolute Gasteiger partial charge is 0.325 e. The zero-order valence-corrected chi connectivity index (χ0v) is 14.4. The van der Waals surface area contributed by atoms with Crippen molar-refractivity contribution in [3.05, 3.63) is 64.7 Å². The first kappa shape index (κ1) is 16.9. The van der Waals surface area contributed by atoms with Gasteiger partial charge >= 0.3 is 0 Å². The minimum absolute atomic E-state index is 0.0179. The standard InChI is InChI=1S/C18H20ClNOS/c1-13(2)15-6-8-17(9-7-15)20-18(21)12-22-11-14-4-3-5-16(19)10-14/h3-10,13H,11-12H2,1-2H3,(H,20,21). The second-order valence-corrected chi connectivity index (χ2v) is 6.87. The summed E-state index contributed by atoms with van der Waals surface area (Å²) >= 11 is 7.52. The molecule has 0 atom stereocenters. The van der Waals surface area contributed by atoms with Gasteiger partial charge in [-0.05, 0) is 41.3 Å². The van der Waals surface area contributed by atoms with E-state index in [1.165, 1.54) is 5.56 Å². The normalized spacial score (nSPS) is 10.7. The molecule has 0 aromatic heterocycles. The quantitative estimate of drug-likeness (QED) is 0.773. The van der Waals surface area contributed by atoms with Crippen molar-refractivity contribution in [2.75, 3.05) is 11.1 Å². The van der Waals surface area contributed by atoms with Crippen LogP contribution >= 0.6 is 23.4 Å². The van der Waals surface area contributed by atoms with Crippen LogP contribution in [0, 0.1) is 0 Å². The average Bonchev–Trinajstić information content (AvgIpc) is 2.48. The summed E-state index contributed by atoms with van der Waals surface area (Å²) in [6.45, 7) is 4.31. The Morgan fingerprint density at radius 2 is 1.91 bits per heavy atom. The lowest BCUT2D eigenvalue weighted by Crippen LogP contribution is -2.14. The molecule has 1 amide bonds. The zero-order chi connectivity index (χ0) is 15.9. The monoisotopic (exact) mass is 333 g/mol. The topological polar surface area (TPSA) is 29.1 Å². The van der Waals surface area contributed by atoms with Gasteiger partial charge in [-0.3, -0.25) is 4.79 Å². The van der Waals surface area contributed by atoms with E-state index in [1.54, 1.807) is 11.8 Å². The number of anilines is 1. The number of hydrogen-bond acceptors (Lipinski definition) is 2. The first-order chi connectivity index (χ1) is 10.5. The maximum atomic E-state index is 11.9. The first-order valence-corrected chi connectivity index (χ1v) is 8.80. The lowest BCUT2D eigenvalue weighted by Gasteiger charge is -2.08. The van der Waals surface area contributed by atoms with Gasteiger partial charge in [-0.1, -0.05) is 49.7 Å². The fourth-order valence-corrected chi connectivity index (χ4v) is 3.02. The van der Waals surface area contributed by atoms with Crippen molar-refractivity contribution in [3.8, 4) is 0 Å². The zero-order valence-electron chi connectivity index (χ0n) is 12.8. The van der Waals surface area contributed by atoms with E-state index < -0.39 is 0 Å². The summed E-state index contributed by atoms with van der Waals surface area (Å²) in [6, 6.07) is 15.7. The third-order valence-corrected chi connectivity index (χ3v) is 4.49. The molecule has 0 aliphatic rings. The van der Waals surface area contributed by atoms with Gasteiger partial charge < -0.3 is 5.32 Å². The fraction of sp³-hybridized carbons (Fsp3) is 0.278. The van der Waals surface area contributed by atoms with Crippen molar-refractivity contribution in [3.63, 3.8) is 0 Å². The predicted octanol–water partition coefficient (Wildman–Crippen LogP) is 5.34. The highest BCUT2D eigenvalue weighted by Gasteiger charge is 2.04. The van der Waals surface area contributed by atoms with Gasteiger partial charge in [0.25, 0.3) is 0 Å². The van der Waals surface area contributed by atoms with Gasteiger partial charge in [-0.2, -0.15) is 0 Å². The van der Waals surface area contributed by atoms with E-state index in [2.05, 4.69) is 31.3 Å². The van der Waals surface area contributed by atoms with Crippen LogP contribution in [0.15, 0.2) is 48.5 Å². The predicted molar refractivity (Wildman–Crippen MR) is 96.8 cm³/mol. The van der Waals surface area contributed by atoms with Crippen molar-refractivity contribution in [2.45, 2.75) is 25.5 Å². The molecule has 0 saturated carbocycles. The highest BCUT2D eigenvalue weighted by molar-refractivity contribution is 7.99. The summed E-state index contributed by atoms with van der Waals surface area (Å²) in [5, 5.41) is 3.65. The molecule has 0 radical (unpaired) electrons. The Morgan fingerprint density at radius 3 is 2.55 bits per heavy atom. The highest BCUT2D eigenvalue weighted by Crippen LogP contribution is 2.19. The Kier molecular flexibility index (Phi) is 6.34. The minimum Gasteiger partial charge on any atom is -0.325 e. The summed E-state index contributed by atoms with van der Waals surface area (Å²) in [7, 11) is 0. The second-order valence-electron chi connectivity index (χ2n) is 5.45. The van der Waals surface area contributed by atoms with E-state index in [0.717, 1.165) is 22.0 Å². The molecule has 4 heteroatoms. The van der Waals surface area contributed by atoms with Crippen LogP contribution in [0.1, 0.15) is 30.9 Å². The van der Waals surface area contributed by atoms with Crippen LogP contribution in [0.2, 0.25) is 5.02 Å². The Balaban J connectivity index is 1.78. The molecule has 0 aliphatic carbocycles. The summed E-state index contributed by atoms with van der Waals surface area (Å²) in [5.74, 6) is 1.72. The lowest BCUT2D eigenvalue weighted by atomic mass is 10.0. The molecule has 0 saturated heterocycles. The molecule has 0 heterocycles. The summed E-state index contributed by atoms with van der Waals surface area (Å²) in [5.41, 5.74) is 3.25. The van der Waals surface area contributed by atoms with Gasteiger partial charge in [0.1, 0.15) is 0 Å². The van der Waals surface area contributed by atoms with Crippen LogP contribution in [0.25, 0.3) is 0 Å². The molecular formula is C18H20ClNOS. The second kappa shape index (κ2) is 8.25. The Hall–Kier alpha value is -1.45. The first-order valence-electron chi connectivity index (χ1n) is 7.26. The van der Waals surface area contributed by atoms with Crippen LogP contribution in [-0.2, 0) is 10.5 Å². The number of carbonyl (C=O) groups is 1. The van der Waals surface area contributed by atoms with Crippen molar-refractivity contribution in [1.29, 1.82) is 0 Å². The van der Waals surface area contributed by atoms with Gasteiger partial charge in [0.05, 0.1) is 5.75 Å². The number of thioether (sulfide) groups is 1. The van der Waals surface area contributed by atoms with E-state index in [0.29, 0.717) is 11.7 Å². The highest BCUT2D eigenvalue weighted by atomic mass is 35.5. The SMILES string of the molecule is CC(C)c1ccc(NC(=O)CSCc2cccc(Cl)c2)cc1. The van der Waals surface area contributed by atoms with E-state index in [1.807, 2.05) is 36.4 Å². The molecule has 0 unspecified atom stereocenters. The Morgan fingerprint density at radius 1 is 1.18 bits per heavy atom. The van der Waals surface area contributed by atoms with E-state index in [4.69, 9.17) is 11.6 Å².